The molecule has 0 aliphatic rings. The van der Waals surface area contributed by atoms with E-state index < -0.39 is 0 Å². The summed E-state index contributed by atoms with van der Waals surface area (Å²) in [7, 11) is 1.95. The van der Waals surface area contributed by atoms with Gasteiger partial charge in [0.2, 0.25) is 5.91 Å². The molecule has 6 nitrogen and oxygen atoms in total. The third-order valence-electron chi connectivity index (χ3n) is 3.26. The van der Waals surface area contributed by atoms with Crippen LogP contribution in [-0.4, -0.2) is 56.1 Å². The van der Waals surface area contributed by atoms with Crippen LogP contribution in [0.5, 0.6) is 5.75 Å². The Morgan fingerprint density at radius 2 is 2.00 bits per heavy atom. The lowest BCUT2D eigenvalue weighted by Crippen LogP contribution is -2.41. The van der Waals surface area contributed by atoms with Gasteiger partial charge in [0, 0.05) is 31.1 Å². The smallest absolute Gasteiger partial charge is 0.222 e. The summed E-state index contributed by atoms with van der Waals surface area (Å²) in [6.07, 6.45) is 0.377. The minimum atomic E-state index is 0.0170. The highest BCUT2D eigenvalue weighted by Gasteiger charge is 2.07. The van der Waals surface area contributed by atoms with Crippen LogP contribution in [0.3, 0.4) is 0 Å². The number of nitrogens with one attached hydrogen (secondary N) is 2. The van der Waals surface area contributed by atoms with Crippen molar-refractivity contribution in [3.8, 4) is 5.75 Å². The molecule has 140 valence electrons. The summed E-state index contributed by atoms with van der Waals surface area (Å²) in [5, 5.41) is 6.77. The molecule has 0 aliphatic carbocycles. The first kappa shape index (κ1) is 21.1. The van der Waals surface area contributed by atoms with Gasteiger partial charge in [-0.3, -0.25) is 9.79 Å². The normalized spacial score (nSPS) is 11.4. The summed E-state index contributed by atoms with van der Waals surface area (Å²) in [4.78, 5) is 18.2. The maximum atomic E-state index is 11.7. The average Bonchev–Trinajstić information content (AvgIpc) is 2.55. The van der Waals surface area contributed by atoms with Crippen molar-refractivity contribution in [3.05, 3.63) is 29.3 Å². The van der Waals surface area contributed by atoms with E-state index in [9.17, 15) is 4.79 Å². The Kier molecular flexibility index (Phi) is 9.77. The van der Waals surface area contributed by atoms with Gasteiger partial charge in [-0.2, -0.15) is 0 Å². The molecule has 0 unspecified atom stereocenters. The molecule has 0 bridgehead atoms. The molecule has 0 saturated heterocycles. The van der Waals surface area contributed by atoms with E-state index in [0.29, 0.717) is 31.1 Å². The molecule has 0 radical (unpaired) electrons. The molecular formula is C18H29ClN4O2. The van der Waals surface area contributed by atoms with E-state index in [1.165, 1.54) is 0 Å². The molecule has 0 saturated carbocycles. The van der Waals surface area contributed by atoms with Gasteiger partial charge in [0.1, 0.15) is 12.4 Å². The monoisotopic (exact) mass is 368 g/mol. The summed E-state index contributed by atoms with van der Waals surface area (Å²) in [5.41, 5.74) is 0. The van der Waals surface area contributed by atoms with Crippen LogP contribution in [0, 0.1) is 0 Å². The number of ether oxygens (including phenoxy) is 1. The highest BCUT2D eigenvalue weighted by molar-refractivity contribution is 6.30. The zero-order chi connectivity index (χ0) is 18.7. The van der Waals surface area contributed by atoms with Crippen LogP contribution in [-0.2, 0) is 4.79 Å². The average molecular weight is 369 g/mol. The van der Waals surface area contributed by atoms with Crippen LogP contribution < -0.4 is 15.4 Å². The van der Waals surface area contributed by atoms with Crippen molar-refractivity contribution in [3.63, 3.8) is 0 Å². The standard InChI is InChI=1S/C18H29ClN4O2/c1-5-20-18(21-11-10-17(24)22-14(2)3)23(4)12-13-25-16-8-6-15(19)7-9-16/h6-9,14H,5,10-13H2,1-4H3,(H,20,21)(H,22,24). The lowest BCUT2D eigenvalue weighted by atomic mass is 10.3. The number of aliphatic imine (C=N–C) groups is 1. The molecule has 0 atom stereocenters. The Hall–Kier alpha value is -1.95. The zero-order valence-electron chi connectivity index (χ0n) is 15.5. The maximum absolute atomic E-state index is 11.7. The van der Waals surface area contributed by atoms with Gasteiger partial charge in [-0.15, -0.1) is 0 Å². The number of hydrogen-bond acceptors (Lipinski definition) is 3. The van der Waals surface area contributed by atoms with Crippen LogP contribution in [0.1, 0.15) is 27.2 Å². The molecule has 0 aliphatic heterocycles. The number of rotatable bonds is 9. The number of hydrogen-bond donors (Lipinski definition) is 2. The summed E-state index contributed by atoms with van der Waals surface area (Å²) in [6.45, 7) is 8.31. The predicted octanol–water partition coefficient (Wildman–Crippen LogP) is 2.53. The minimum absolute atomic E-state index is 0.0170. The number of guanidine groups is 1. The number of benzene rings is 1. The maximum Gasteiger partial charge on any atom is 0.222 e. The Balaban J connectivity index is 2.43. The van der Waals surface area contributed by atoms with Crippen LogP contribution in [0.4, 0.5) is 0 Å². The van der Waals surface area contributed by atoms with Crippen LogP contribution >= 0.6 is 11.6 Å². The Morgan fingerprint density at radius 1 is 1.32 bits per heavy atom. The van der Waals surface area contributed by atoms with Gasteiger partial charge in [0.25, 0.3) is 0 Å². The van der Waals surface area contributed by atoms with Gasteiger partial charge in [0.05, 0.1) is 13.1 Å². The van der Waals surface area contributed by atoms with Crippen molar-refractivity contribution < 1.29 is 9.53 Å². The largest absolute Gasteiger partial charge is 0.492 e. The number of amides is 1. The molecular weight excluding hydrogens is 340 g/mol. The highest BCUT2D eigenvalue weighted by atomic mass is 35.5. The van der Waals surface area contributed by atoms with Gasteiger partial charge in [-0.05, 0) is 45.0 Å². The third kappa shape index (κ3) is 9.19. The first-order valence-electron chi connectivity index (χ1n) is 8.59. The van der Waals surface area contributed by atoms with Crippen LogP contribution in [0.2, 0.25) is 5.02 Å². The van der Waals surface area contributed by atoms with E-state index in [1.54, 1.807) is 12.1 Å². The number of carbonyl (C=O) groups excluding carboxylic acids is 1. The number of nitrogens with zero attached hydrogens (tertiary/aromatic N) is 2. The molecule has 1 aromatic carbocycles. The van der Waals surface area contributed by atoms with E-state index in [4.69, 9.17) is 16.3 Å². The van der Waals surface area contributed by atoms with E-state index in [-0.39, 0.29) is 11.9 Å². The van der Waals surface area contributed by atoms with E-state index >= 15 is 0 Å². The SMILES string of the molecule is CCNC(=NCCC(=O)NC(C)C)N(C)CCOc1ccc(Cl)cc1. The van der Waals surface area contributed by atoms with Crippen LogP contribution in [0.15, 0.2) is 29.3 Å². The fraction of sp³-hybridized carbons (Fsp3) is 0.556. The summed E-state index contributed by atoms with van der Waals surface area (Å²) in [6, 6.07) is 7.43. The molecule has 0 heterocycles. The third-order valence-corrected chi connectivity index (χ3v) is 3.51. The van der Waals surface area contributed by atoms with Crippen molar-refractivity contribution in [2.75, 3.05) is 33.3 Å². The van der Waals surface area contributed by atoms with Gasteiger partial charge < -0.3 is 20.3 Å². The van der Waals surface area contributed by atoms with Crippen molar-refractivity contribution in [2.45, 2.75) is 33.2 Å². The predicted molar refractivity (Wildman–Crippen MR) is 103 cm³/mol. The summed E-state index contributed by atoms with van der Waals surface area (Å²) in [5.74, 6) is 1.56. The lowest BCUT2D eigenvalue weighted by molar-refractivity contribution is -0.121. The molecule has 2 N–H and O–H groups in total. The molecule has 1 amide bonds. The van der Waals surface area contributed by atoms with E-state index in [2.05, 4.69) is 15.6 Å². The van der Waals surface area contributed by atoms with E-state index in [0.717, 1.165) is 18.3 Å². The fourth-order valence-electron chi connectivity index (χ4n) is 2.06. The topological polar surface area (TPSA) is 66.0 Å². The Bertz CT molecular complexity index is 547. The van der Waals surface area contributed by atoms with E-state index in [1.807, 2.05) is 44.9 Å². The second-order valence-electron chi connectivity index (χ2n) is 5.93. The fourth-order valence-corrected chi connectivity index (χ4v) is 2.19. The van der Waals surface area contributed by atoms with Crippen LogP contribution in [0.25, 0.3) is 0 Å². The van der Waals surface area contributed by atoms with Crippen molar-refractivity contribution in [2.24, 2.45) is 4.99 Å². The quantitative estimate of drug-likeness (QED) is 0.519. The van der Waals surface area contributed by atoms with Gasteiger partial charge >= 0.3 is 0 Å². The second-order valence-corrected chi connectivity index (χ2v) is 6.37. The zero-order valence-corrected chi connectivity index (χ0v) is 16.3. The molecule has 7 heteroatoms. The molecule has 0 spiro atoms. The molecule has 0 fully saturated rings. The summed E-state index contributed by atoms with van der Waals surface area (Å²) < 4.78 is 5.70. The number of likely N-dealkylation sites (N-methyl/N-ethyl adjacent to an activating group) is 1. The lowest BCUT2D eigenvalue weighted by Gasteiger charge is -2.22. The first-order chi connectivity index (χ1) is 11.9. The van der Waals surface area contributed by atoms with Gasteiger partial charge in [-0.25, -0.2) is 0 Å². The first-order valence-corrected chi connectivity index (χ1v) is 8.97. The minimum Gasteiger partial charge on any atom is -0.492 e. The molecule has 1 rings (SSSR count). The van der Waals surface area contributed by atoms with Crippen molar-refractivity contribution in [1.29, 1.82) is 0 Å². The summed E-state index contributed by atoms with van der Waals surface area (Å²) >= 11 is 5.85. The highest BCUT2D eigenvalue weighted by Crippen LogP contribution is 2.15. The molecule has 1 aromatic rings. The Labute approximate surface area is 155 Å². The van der Waals surface area contributed by atoms with Crippen molar-refractivity contribution in [1.82, 2.24) is 15.5 Å². The molecule has 25 heavy (non-hydrogen) atoms. The number of carbonyl (C=O) groups is 1. The van der Waals surface area contributed by atoms with Crippen molar-refractivity contribution >= 4 is 23.5 Å². The van der Waals surface area contributed by atoms with Gasteiger partial charge in [-0.1, -0.05) is 11.6 Å². The van der Waals surface area contributed by atoms with Gasteiger partial charge in [0.15, 0.2) is 5.96 Å². The second kappa shape index (κ2) is 11.6. The molecule has 0 aromatic heterocycles. The Morgan fingerprint density at radius 3 is 2.60 bits per heavy atom. The number of halogens is 1.